The van der Waals surface area contributed by atoms with Crippen LogP contribution in [0.5, 0.6) is 5.75 Å². The van der Waals surface area contributed by atoms with Crippen LogP contribution in [0.2, 0.25) is 0 Å². The molecular formula is C30H24FN5O2. The lowest BCUT2D eigenvalue weighted by atomic mass is 10.1. The first-order valence-corrected chi connectivity index (χ1v) is 12.3. The van der Waals surface area contributed by atoms with Crippen LogP contribution in [-0.2, 0) is 0 Å². The maximum absolute atomic E-state index is 14.9. The molecule has 0 aliphatic rings. The summed E-state index contributed by atoms with van der Waals surface area (Å²) in [7, 11) is 0. The van der Waals surface area contributed by atoms with E-state index in [1.807, 2.05) is 37.3 Å². The SMILES string of the molecule is CCCCOc1ccc(-c2nn(-c3ccccc3)cc2/C=C(\C#N)c2nc3ccccc3c(=O)[nH]2)cc1F. The fourth-order valence-corrected chi connectivity index (χ4v) is 4.04. The van der Waals surface area contributed by atoms with E-state index in [-0.39, 0.29) is 22.7 Å². The van der Waals surface area contributed by atoms with Gasteiger partial charge in [-0.1, -0.05) is 43.7 Å². The van der Waals surface area contributed by atoms with E-state index in [1.165, 1.54) is 6.07 Å². The molecule has 38 heavy (non-hydrogen) atoms. The Morgan fingerprint density at radius 1 is 1.13 bits per heavy atom. The number of para-hydroxylation sites is 2. The Balaban J connectivity index is 1.62. The Morgan fingerprint density at radius 2 is 1.92 bits per heavy atom. The van der Waals surface area contributed by atoms with Crippen molar-refractivity contribution in [3.8, 4) is 28.8 Å². The van der Waals surface area contributed by atoms with Gasteiger partial charge in [-0.3, -0.25) is 4.79 Å². The van der Waals surface area contributed by atoms with Crippen molar-refractivity contribution < 1.29 is 9.13 Å². The first-order chi connectivity index (χ1) is 18.6. The van der Waals surface area contributed by atoms with Gasteiger partial charge in [-0.25, -0.2) is 14.1 Å². The number of nitrogens with zero attached hydrogens (tertiary/aromatic N) is 4. The average molecular weight is 506 g/mol. The normalized spacial score (nSPS) is 11.4. The predicted octanol–water partition coefficient (Wildman–Crippen LogP) is 6.16. The highest BCUT2D eigenvalue weighted by Gasteiger charge is 2.16. The largest absolute Gasteiger partial charge is 0.491 e. The van der Waals surface area contributed by atoms with Crippen molar-refractivity contribution in [2.75, 3.05) is 6.61 Å². The third kappa shape index (κ3) is 5.08. The number of allylic oxidation sites excluding steroid dienone is 1. The number of nitrogens with one attached hydrogen (secondary N) is 1. The molecule has 2 heterocycles. The second-order valence-electron chi connectivity index (χ2n) is 8.66. The number of benzene rings is 3. The van der Waals surface area contributed by atoms with Gasteiger partial charge in [0.2, 0.25) is 0 Å². The van der Waals surface area contributed by atoms with Gasteiger partial charge < -0.3 is 9.72 Å². The lowest BCUT2D eigenvalue weighted by Crippen LogP contribution is -2.11. The monoisotopic (exact) mass is 505 g/mol. The molecule has 3 aromatic carbocycles. The van der Waals surface area contributed by atoms with Gasteiger partial charge in [-0.2, -0.15) is 10.4 Å². The minimum Gasteiger partial charge on any atom is -0.491 e. The molecule has 0 fully saturated rings. The molecular weight excluding hydrogens is 481 g/mol. The molecule has 0 aliphatic heterocycles. The minimum atomic E-state index is -0.496. The van der Waals surface area contributed by atoms with Gasteiger partial charge in [0.15, 0.2) is 17.4 Å². The zero-order valence-electron chi connectivity index (χ0n) is 20.7. The van der Waals surface area contributed by atoms with Crippen molar-refractivity contribution in [2.45, 2.75) is 19.8 Å². The van der Waals surface area contributed by atoms with Crippen LogP contribution in [0.1, 0.15) is 31.2 Å². The summed E-state index contributed by atoms with van der Waals surface area (Å²) in [6, 6.07) is 23.2. The van der Waals surface area contributed by atoms with Crippen LogP contribution in [0.15, 0.2) is 83.8 Å². The summed E-state index contributed by atoms with van der Waals surface area (Å²) in [5.41, 5.74) is 2.61. The van der Waals surface area contributed by atoms with Crippen LogP contribution in [0.4, 0.5) is 4.39 Å². The Bertz CT molecular complexity index is 1730. The van der Waals surface area contributed by atoms with E-state index in [1.54, 1.807) is 53.4 Å². The molecule has 0 saturated heterocycles. The second kappa shape index (κ2) is 10.9. The van der Waals surface area contributed by atoms with Gasteiger partial charge in [0, 0.05) is 17.3 Å². The number of hydrogen-bond donors (Lipinski definition) is 1. The number of hydrogen-bond acceptors (Lipinski definition) is 5. The number of ether oxygens (including phenoxy) is 1. The summed E-state index contributed by atoms with van der Waals surface area (Å²) in [6.07, 6.45) is 5.13. The molecule has 0 amide bonds. The minimum absolute atomic E-state index is 0.139. The van der Waals surface area contributed by atoms with Gasteiger partial charge in [-0.15, -0.1) is 0 Å². The fraction of sp³-hybridized carbons (Fsp3) is 0.133. The summed E-state index contributed by atoms with van der Waals surface area (Å²) < 4.78 is 22.2. The molecule has 188 valence electrons. The highest BCUT2D eigenvalue weighted by atomic mass is 19.1. The maximum atomic E-state index is 14.9. The standard InChI is InChI=1S/C30H24FN5O2/c1-2-3-15-38-27-14-13-20(17-25(27)31)28-22(19-36(35-28)23-9-5-4-6-10-23)16-21(18-32)29-33-26-12-8-7-11-24(26)30(37)34-29/h4-14,16-17,19H,2-3,15H2,1H3,(H,33,34,37)/b21-16+. The van der Waals surface area contributed by atoms with Crippen molar-refractivity contribution in [3.63, 3.8) is 0 Å². The summed E-state index contributed by atoms with van der Waals surface area (Å²) in [6.45, 7) is 2.48. The number of unbranched alkanes of at least 4 members (excludes halogenated alkanes) is 1. The molecule has 0 bridgehead atoms. The van der Waals surface area contributed by atoms with Gasteiger partial charge >= 0.3 is 0 Å². The number of halogens is 1. The molecule has 7 nitrogen and oxygen atoms in total. The molecule has 0 radical (unpaired) electrons. The van der Waals surface area contributed by atoms with Crippen molar-refractivity contribution in [1.29, 1.82) is 5.26 Å². The smallest absolute Gasteiger partial charge is 0.259 e. The van der Waals surface area contributed by atoms with Gasteiger partial charge in [0.25, 0.3) is 5.56 Å². The van der Waals surface area contributed by atoms with Gasteiger partial charge in [0.1, 0.15) is 11.8 Å². The van der Waals surface area contributed by atoms with E-state index in [4.69, 9.17) is 9.84 Å². The highest BCUT2D eigenvalue weighted by Crippen LogP contribution is 2.30. The maximum Gasteiger partial charge on any atom is 0.259 e. The van der Waals surface area contributed by atoms with Gasteiger partial charge in [0.05, 0.1) is 28.8 Å². The molecule has 5 rings (SSSR count). The van der Waals surface area contributed by atoms with E-state index in [0.29, 0.717) is 34.3 Å². The topological polar surface area (TPSA) is 96.6 Å². The Morgan fingerprint density at radius 3 is 2.68 bits per heavy atom. The second-order valence-corrected chi connectivity index (χ2v) is 8.66. The zero-order chi connectivity index (χ0) is 26.5. The fourth-order valence-electron chi connectivity index (χ4n) is 4.04. The number of aromatic nitrogens is 4. The predicted molar refractivity (Wildman–Crippen MR) is 145 cm³/mol. The number of fused-ring (bicyclic) bond motifs is 1. The zero-order valence-corrected chi connectivity index (χ0v) is 20.7. The van der Waals surface area contributed by atoms with Crippen LogP contribution in [0, 0.1) is 17.1 Å². The molecule has 0 saturated carbocycles. The van der Waals surface area contributed by atoms with E-state index < -0.39 is 5.82 Å². The van der Waals surface area contributed by atoms with E-state index in [9.17, 15) is 14.4 Å². The summed E-state index contributed by atoms with van der Waals surface area (Å²) >= 11 is 0. The third-order valence-electron chi connectivity index (χ3n) is 6.01. The summed E-state index contributed by atoms with van der Waals surface area (Å²) in [5.74, 6) is -0.179. The van der Waals surface area contributed by atoms with E-state index >= 15 is 0 Å². The van der Waals surface area contributed by atoms with Crippen LogP contribution >= 0.6 is 0 Å². The van der Waals surface area contributed by atoms with Crippen LogP contribution in [0.25, 0.3) is 39.5 Å². The molecule has 0 aliphatic carbocycles. The number of nitriles is 1. The molecule has 8 heteroatoms. The highest BCUT2D eigenvalue weighted by molar-refractivity contribution is 5.91. The van der Waals surface area contributed by atoms with Gasteiger partial charge in [-0.05, 0) is 55.0 Å². The summed E-state index contributed by atoms with van der Waals surface area (Å²) in [4.78, 5) is 19.8. The van der Waals surface area contributed by atoms with Crippen molar-refractivity contribution in [3.05, 3.63) is 107 Å². The lowest BCUT2D eigenvalue weighted by molar-refractivity contribution is 0.294. The Kier molecular flexibility index (Phi) is 7.09. The van der Waals surface area contributed by atoms with Crippen LogP contribution in [-0.4, -0.2) is 26.4 Å². The Hall–Kier alpha value is -5.03. The first kappa shape index (κ1) is 24.7. The number of H-pyrrole nitrogens is 1. The van der Waals surface area contributed by atoms with E-state index in [0.717, 1.165) is 18.5 Å². The number of rotatable bonds is 8. The molecule has 0 unspecified atom stereocenters. The molecule has 1 N–H and O–H groups in total. The third-order valence-corrected chi connectivity index (χ3v) is 6.01. The van der Waals surface area contributed by atoms with Crippen LogP contribution < -0.4 is 10.3 Å². The average Bonchev–Trinajstić information content (AvgIpc) is 3.37. The van der Waals surface area contributed by atoms with E-state index in [2.05, 4.69) is 16.0 Å². The lowest BCUT2D eigenvalue weighted by Gasteiger charge is -2.08. The first-order valence-electron chi connectivity index (χ1n) is 12.3. The van der Waals surface area contributed by atoms with Crippen molar-refractivity contribution >= 4 is 22.6 Å². The Labute approximate surface area is 218 Å². The van der Waals surface area contributed by atoms with Crippen molar-refractivity contribution in [1.82, 2.24) is 19.7 Å². The van der Waals surface area contributed by atoms with Crippen LogP contribution in [0.3, 0.4) is 0 Å². The molecule has 2 aromatic heterocycles. The summed E-state index contributed by atoms with van der Waals surface area (Å²) in [5, 5.41) is 15.1. The molecule has 0 spiro atoms. The number of aromatic amines is 1. The molecule has 0 atom stereocenters. The molecule has 5 aromatic rings. The van der Waals surface area contributed by atoms with Crippen molar-refractivity contribution in [2.24, 2.45) is 0 Å². The quantitative estimate of drug-likeness (QED) is 0.201.